The molecule has 0 unspecified atom stereocenters. The van der Waals surface area contributed by atoms with Crippen molar-refractivity contribution in [3.05, 3.63) is 35.0 Å². The highest BCUT2D eigenvalue weighted by atomic mass is 16.5. The normalized spacial score (nSPS) is 15.4. The van der Waals surface area contributed by atoms with Crippen LogP contribution in [-0.4, -0.2) is 11.1 Å². The average molecular weight is 163 g/mol. The van der Waals surface area contributed by atoms with Gasteiger partial charge in [-0.15, -0.1) is 0 Å². The Morgan fingerprint density at radius 3 is 3.00 bits per heavy atom. The number of nitrogens with zero attached hydrogens (tertiary/aromatic N) is 1. The average Bonchev–Trinajstić information content (AvgIpc) is 2.07. The van der Waals surface area contributed by atoms with Gasteiger partial charge in [-0.25, -0.2) is 4.79 Å². The summed E-state index contributed by atoms with van der Waals surface area (Å²) in [6.07, 6.45) is 0. The molecule has 0 radical (unpaired) electrons. The van der Waals surface area contributed by atoms with Crippen molar-refractivity contribution >= 4 is 11.7 Å². The minimum absolute atomic E-state index is 0.141. The third-order valence-corrected chi connectivity index (χ3v) is 1.80. The third kappa shape index (κ3) is 1.02. The lowest BCUT2D eigenvalue weighted by atomic mass is 10.1. The van der Waals surface area contributed by atoms with Gasteiger partial charge in [0.1, 0.15) is 0 Å². The summed E-state index contributed by atoms with van der Waals surface area (Å²) < 4.78 is 0. The van der Waals surface area contributed by atoms with Crippen LogP contribution in [0.5, 0.6) is 0 Å². The van der Waals surface area contributed by atoms with E-state index in [0.29, 0.717) is 5.06 Å². The Labute approximate surface area is 69.4 Å². The van der Waals surface area contributed by atoms with Crippen LogP contribution in [0.15, 0.2) is 24.3 Å². The van der Waals surface area contributed by atoms with Gasteiger partial charge in [0.05, 0.1) is 0 Å². The van der Waals surface area contributed by atoms with E-state index in [4.69, 9.17) is 0 Å². The summed E-state index contributed by atoms with van der Waals surface area (Å²) in [5.41, 5.74) is 1.58. The Hall–Kier alpha value is -1.55. The molecule has 0 aliphatic carbocycles. The van der Waals surface area contributed by atoms with Gasteiger partial charge in [0.2, 0.25) is 0 Å². The molecule has 1 aliphatic heterocycles. The molecule has 0 fully saturated rings. The van der Waals surface area contributed by atoms with Crippen molar-refractivity contribution < 1.29 is 4.79 Å². The van der Waals surface area contributed by atoms with E-state index < -0.39 is 6.03 Å². The zero-order chi connectivity index (χ0) is 8.55. The van der Waals surface area contributed by atoms with Gasteiger partial charge in [-0.2, -0.15) is 0 Å². The fourth-order valence-electron chi connectivity index (χ4n) is 1.18. The highest BCUT2D eigenvalue weighted by Gasteiger charge is 2.14. The lowest BCUT2D eigenvalue weighted by Gasteiger charge is -2.33. The fourth-order valence-corrected chi connectivity index (χ4v) is 1.18. The topological polar surface area (TPSA) is 55.4 Å². The number of hydroxylamine groups is 2. The van der Waals surface area contributed by atoms with Crippen LogP contribution in [0.25, 0.3) is 0 Å². The molecule has 2 rings (SSSR count). The largest absolute Gasteiger partial charge is 0.755 e. The summed E-state index contributed by atoms with van der Waals surface area (Å²) in [6, 6.07) is 6.66. The monoisotopic (exact) mass is 163 g/mol. The number of fused-ring (bicyclic) bond motifs is 1. The van der Waals surface area contributed by atoms with Gasteiger partial charge in [0.15, 0.2) is 0 Å². The van der Waals surface area contributed by atoms with Gasteiger partial charge in [-0.05, 0) is 11.6 Å². The van der Waals surface area contributed by atoms with E-state index in [2.05, 4.69) is 5.32 Å². The van der Waals surface area contributed by atoms with Crippen LogP contribution in [0.1, 0.15) is 5.56 Å². The van der Waals surface area contributed by atoms with E-state index in [1.54, 1.807) is 6.07 Å². The molecule has 0 bridgehead atoms. The molecule has 62 valence electrons. The van der Waals surface area contributed by atoms with E-state index in [0.717, 1.165) is 11.3 Å². The molecule has 1 aromatic rings. The van der Waals surface area contributed by atoms with Crippen molar-refractivity contribution in [2.45, 2.75) is 6.54 Å². The van der Waals surface area contributed by atoms with Gasteiger partial charge >= 0.3 is 6.03 Å². The zero-order valence-corrected chi connectivity index (χ0v) is 6.28. The predicted octanol–water partition coefficient (Wildman–Crippen LogP) is 1.53. The summed E-state index contributed by atoms with van der Waals surface area (Å²) in [5.74, 6) is 0. The summed E-state index contributed by atoms with van der Waals surface area (Å²) in [6.45, 7) is 0.141. The van der Waals surface area contributed by atoms with Crippen molar-refractivity contribution in [1.82, 2.24) is 5.06 Å². The first-order valence-electron chi connectivity index (χ1n) is 3.61. The Bertz CT molecular complexity index is 325. The molecule has 0 spiro atoms. The number of carbonyl (C=O) groups is 1. The maximum Gasteiger partial charge on any atom is 0.311 e. The number of hydrogen-bond acceptors (Lipinski definition) is 2. The van der Waals surface area contributed by atoms with E-state index >= 15 is 0 Å². The molecule has 1 aromatic carbocycles. The number of benzene rings is 1. The number of carbonyl (C=O) groups excluding carboxylic acids is 1. The highest BCUT2D eigenvalue weighted by molar-refractivity contribution is 5.92. The number of anilines is 1. The molecule has 4 heteroatoms. The molecule has 0 saturated heterocycles. The molecule has 1 aliphatic rings. The van der Waals surface area contributed by atoms with Crippen molar-refractivity contribution in [3.63, 3.8) is 0 Å². The molecular formula is C8H7N2O2-. The minimum Gasteiger partial charge on any atom is -0.755 e. The summed E-state index contributed by atoms with van der Waals surface area (Å²) in [7, 11) is 0. The zero-order valence-electron chi connectivity index (χ0n) is 6.28. The predicted molar refractivity (Wildman–Crippen MR) is 44.4 cm³/mol. The minimum atomic E-state index is -0.589. The van der Waals surface area contributed by atoms with Crippen molar-refractivity contribution in [2.75, 3.05) is 5.32 Å². The fraction of sp³-hybridized carbons (Fsp3) is 0.125. The second-order valence-electron chi connectivity index (χ2n) is 2.62. The Kier molecular flexibility index (Phi) is 1.48. The molecule has 1 N–H and O–H groups in total. The first-order valence-corrected chi connectivity index (χ1v) is 3.61. The van der Waals surface area contributed by atoms with Crippen LogP contribution in [-0.2, 0) is 6.54 Å². The highest BCUT2D eigenvalue weighted by Crippen LogP contribution is 2.21. The van der Waals surface area contributed by atoms with Crippen molar-refractivity contribution in [1.29, 1.82) is 0 Å². The number of hydrogen-bond donors (Lipinski definition) is 1. The molecule has 0 saturated carbocycles. The Balaban J connectivity index is 2.40. The lowest BCUT2D eigenvalue weighted by molar-refractivity contribution is 0.225. The number of para-hydroxylation sites is 1. The molecule has 12 heavy (non-hydrogen) atoms. The number of nitrogens with one attached hydrogen (secondary N) is 1. The van der Waals surface area contributed by atoms with Crippen LogP contribution < -0.4 is 5.32 Å². The standard InChI is InChI=1S/C8H7N2O2/c11-8-9-7-4-2-1-3-6(7)5-10(8)12/h1-4H,5H2,(H,9,11)/q-1. The summed E-state index contributed by atoms with van der Waals surface area (Å²) in [5, 5.41) is 13.8. The molecule has 2 amide bonds. The van der Waals surface area contributed by atoms with Crippen molar-refractivity contribution in [3.8, 4) is 0 Å². The second-order valence-corrected chi connectivity index (χ2v) is 2.62. The van der Waals surface area contributed by atoms with Crippen LogP contribution in [0.3, 0.4) is 0 Å². The molecule has 0 aromatic heterocycles. The molecule has 1 heterocycles. The Morgan fingerprint density at radius 2 is 2.17 bits per heavy atom. The SMILES string of the molecule is O=C1Nc2ccccc2CN1[O-]. The molecule has 0 atom stereocenters. The van der Waals surface area contributed by atoms with Gasteiger partial charge in [0.25, 0.3) is 0 Å². The Morgan fingerprint density at radius 1 is 1.42 bits per heavy atom. The third-order valence-electron chi connectivity index (χ3n) is 1.80. The van der Waals surface area contributed by atoms with E-state index in [1.807, 2.05) is 18.2 Å². The maximum absolute atomic E-state index is 10.9. The van der Waals surface area contributed by atoms with Crippen molar-refractivity contribution in [2.24, 2.45) is 0 Å². The summed E-state index contributed by atoms with van der Waals surface area (Å²) in [4.78, 5) is 10.9. The lowest BCUT2D eigenvalue weighted by Crippen LogP contribution is -2.33. The van der Waals surface area contributed by atoms with E-state index in [9.17, 15) is 10.0 Å². The molecular weight excluding hydrogens is 156 g/mol. The second kappa shape index (κ2) is 2.49. The van der Waals surface area contributed by atoms with Gasteiger partial charge in [-0.1, -0.05) is 18.2 Å². The number of amides is 2. The maximum atomic E-state index is 10.9. The summed E-state index contributed by atoms with van der Waals surface area (Å²) >= 11 is 0. The van der Waals surface area contributed by atoms with E-state index in [1.165, 1.54) is 0 Å². The first-order chi connectivity index (χ1) is 5.77. The quantitative estimate of drug-likeness (QED) is 0.630. The van der Waals surface area contributed by atoms with Gasteiger partial charge in [-0.3, -0.25) is 0 Å². The molecule has 4 nitrogen and oxygen atoms in total. The number of urea groups is 1. The van der Waals surface area contributed by atoms with Crippen LogP contribution in [0.4, 0.5) is 10.5 Å². The van der Waals surface area contributed by atoms with Crippen LogP contribution >= 0.6 is 0 Å². The van der Waals surface area contributed by atoms with Gasteiger partial charge < -0.3 is 15.6 Å². The smallest absolute Gasteiger partial charge is 0.311 e. The van der Waals surface area contributed by atoms with Crippen LogP contribution in [0, 0.1) is 5.21 Å². The van der Waals surface area contributed by atoms with Crippen LogP contribution in [0.2, 0.25) is 0 Å². The number of rotatable bonds is 0. The van der Waals surface area contributed by atoms with Gasteiger partial charge in [0, 0.05) is 12.2 Å². The first kappa shape index (κ1) is 7.12. The van der Waals surface area contributed by atoms with E-state index in [-0.39, 0.29) is 6.54 Å².